The Balaban J connectivity index is 2.23. The summed E-state index contributed by atoms with van der Waals surface area (Å²) in [6.07, 6.45) is 0.937. The monoisotopic (exact) mass is 333 g/mol. The van der Waals surface area contributed by atoms with Crippen LogP contribution in [0.15, 0.2) is 23.1 Å². The van der Waals surface area contributed by atoms with Gasteiger partial charge in [-0.1, -0.05) is 0 Å². The number of rotatable bonds is 4. The van der Waals surface area contributed by atoms with Crippen LogP contribution >= 0.6 is 10.7 Å². The maximum atomic E-state index is 12.1. The van der Waals surface area contributed by atoms with Crippen LogP contribution in [-0.2, 0) is 18.6 Å². The molecule has 1 aliphatic heterocycles. The van der Waals surface area contributed by atoms with E-state index in [9.17, 15) is 13.2 Å². The Hall–Kier alpha value is -1.31. The zero-order valence-corrected chi connectivity index (χ0v) is 13.2. The third-order valence-electron chi connectivity index (χ3n) is 3.23. The molecule has 1 aromatic carbocycles. The molecule has 0 spiro atoms. The fourth-order valence-electron chi connectivity index (χ4n) is 2.15. The highest BCUT2D eigenvalue weighted by molar-refractivity contribution is 8.13. The van der Waals surface area contributed by atoms with Gasteiger partial charge in [0.25, 0.3) is 15.0 Å². The van der Waals surface area contributed by atoms with Crippen molar-refractivity contribution >= 4 is 31.3 Å². The molecule has 2 unspecified atom stereocenters. The first-order valence-electron chi connectivity index (χ1n) is 6.40. The summed E-state index contributed by atoms with van der Waals surface area (Å²) in [5, 5.41) is 2.62. The molecule has 0 saturated carbocycles. The van der Waals surface area contributed by atoms with Crippen LogP contribution in [-0.4, -0.2) is 33.6 Å². The standard InChI is InChI=1S/C13H16ClNO5S/c1-8-3-5-12(20-8)13(16)15-10-7-9(21(14,17)18)4-6-11(10)19-2/h4,6-8,12H,3,5H2,1-2H3,(H,15,16). The van der Waals surface area contributed by atoms with Gasteiger partial charge in [0.05, 0.1) is 23.8 Å². The van der Waals surface area contributed by atoms with Gasteiger partial charge in [0.15, 0.2) is 0 Å². The van der Waals surface area contributed by atoms with Crippen LogP contribution in [0.5, 0.6) is 5.75 Å². The van der Waals surface area contributed by atoms with E-state index in [1.165, 1.54) is 25.3 Å². The van der Waals surface area contributed by atoms with Gasteiger partial charge >= 0.3 is 0 Å². The van der Waals surface area contributed by atoms with Crippen molar-refractivity contribution in [2.75, 3.05) is 12.4 Å². The number of halogens is 1. The molecule has 8 heteroatoms. The van der Waals surface area contributed by atoms with Gasteiger partial charge in [0.1, 0.15) is 11.9 Å². The van der Waals surface area contributed by atoms with Crippen LogP contribution in [0.4, 0.5) is 5.69 Å². The molecule has 1 N–H and O–H groups in total. The van der Waals surface area contributed by atoms with Crippen LogP contribution in [0.25, 0.3) is 0 Å². The quantitative estimate of drug-likeness (QED) is 0.854. The first-order valence-corrected chi connectivity index (χ1v) is 8.71. The molecule has 1 heterocycles. The molecule has 1 aromatic rings. The van der Waals surface area contributed by atoms with Gasteiger partial charge in [-0.15, -0.1) is 0 Å². The van der Waals surface area contributed by atoms with Gasteiger partial charge in [0.2, 0.25) is 0 Å². The van der Waals surface area contributed by atoms with Crippen molar-refractivity contribution in [3.8, 4) is 5.75 Å². The maximum Gasteiger partial charge on any atom is 0.261 e. The summed E-state index contributed by atoms with van der Waals surface area (Å²) in [6.45, 7) is 1.90. The van der Waals surface area contributed by atoms with Gasteiger partial charge in [-0.25, -0.2) is 8.42 Å². The molecule has 1 amide bonds. The summed E-state index contributed by atoms with van der Waals surface area (Å²) < 4.78 is 33.3. The molecule has 0 aliphatic carbocycles. The summed E-state index contributed by atoms with van der Waals surface area (Å²) in [5.41, 5.74) is 0.243. The second-order valence-electron chi connectivity index (χ2n) is 4.80. The fourth-order valence-corrected chi connectivity index (χ4v) is 2.92. The van der Waals surface area contributed by atoms with E-state index in [4.69, 9.17) is 20.2 Å². The first kappa shape index (κ1) is 16.1. The number of ether oxygens (including phenoxy) is 2. The maximum absolute atomic E-state index is 12.1. The second-order valence-corrected chi connectivity index (χ2v) is 7.37. The summed E-state index contributed by atoms with van der Waals surface area (Å²) in [6, 6.07) is 4.01. The van der Waals surface area contributed by atoms with Crippen LogP contribution in [0.3, 0.4) is 0 Å². The number of carbonyl (C=O) groups excluding carboxylic acids is 1. The number of anilines is 1. The van der Waals surface area contributed by atoms with Crippen molar-refractivity contribution in [1.29, 1.82) is 0 Å². The van der Waals surface area contributed by atoms with Crippen molar-refractivity contribution in [2.45, 2.75) is 36.9 Å². The Morgan fingerprint density at radius 2 is 2.14 bits per heavy atom. The third kappa shape index (κ3) is 3.87. The van der Waals surface area contributed by atoms with Crippen LogP contribution in [0.1, 0.15) is 19.8 Å². The summed E-state index contributed by atoms with van der Waals surface area (Å²) in [5.74, 6) is 0.0141. The molecule has 2 rings (SSSR count). The smallest absolute Gasteiger partial charge is 0.261 e. The van der Waals surface area contributed by atoms with E-state index in [0.717, 1.165) is 6.42 Å². The lowest BCUT2D eigenvalue weighted by Gasteiger charge is -2.14. The van der Waals surface area contributed by atoms with Crippen molar-refractivity contribution in [3.63, 3.8) is 0 Å². The third-order valence-corrected chi connectivity index (χ3v) is 4.59. The normalized spacial score (nSPS) is 22.0. The van der Waals surface area contributed by atoms with Gasteiger partial charge in [-0.05, 0) is 38.0 Å². The number of hydrogen-bond acceptors (Lipinski definition) is 5. The van der Waals surface area contributed by atoms with Crippen LogP contribution < -0.4 is 10.1 Å². The molecule has 1 saturated heterocycles. The van der Waals surface area contributed by atoms with E-state index in [1.807, 2.05) is 6.92 Å². The van der Waals surface area contributed by atoms with Gasteiger partial charge in [0, 0.05) is 10.7 Å². The van der Waals surface area contributed by atoms with E-state index >= 15 is 0 Å². The number of carbonyl (C=O) groups is 1. The number of nitrogens with one attached hydrogen (secondary N) is 1. The molecule has 116 valence electrons. The van der Waals surface area contributed by atoms with E-state index in [1.54, 1.807) is 0 Å². The van der Waals surface area contributed by atoms with E-state index < -0.39 is 15.2 Å². The van der Waals surface area contributed by atoms with E-state index in [0.29, 0.717) is 12.2 Å². The predicted molar refractivity (Wildman–Crippen MR) is 78.2 cm³/mol. The molecule has 0 aromatic heterocycles. The average Bonchev–Trinajstić information content (AvgIpc) is 2.84. The molecule has 21 heavy (non-hydrogen) atoms. The summed E-state index contributed by atoms with van der Waals surface area (Å²) in [7, 11) is 2.85. The van der Waals surface area contributed by atoms with Crippen LogP contribution in [0, 0.1) is 0 Å². The Morgan fingerprint density at radius 3 is 2.67 bits per heavy atom. The van der Waals surface area contributed by atoms with Gasteiger partial charge in [-0.3, -0.25) is 4.79 Å². The average molecular weight is 334 g/mol. The van der Waals surface area contributed by atoms with Crippen LogP contribution in [0.2, 0.25) is 0 Å². The predicted octanol–water partition coefficient (Wildman–Crippen LogP) is 2.13. The summed E-state index contributed by atoms with van der Waals surface area (Å²) >= 11 is 0. The Kier molecular flexibility index (Phi) is 4.75. The minimum atomic E-state index is -3.88. The fraction of sp³-hybridized carbons (Fsp3) is 0.462. The van der Waals surface area contributed by atoms with E-state index in [2.05, 4.69) is 5.32 Å². The highest BCUT2D eigenvalue weighted by Crippen LogP contribution is 2.30. The highest BCUT2D eigenvalue weighted by atomic mass is 35.7. The zero-order valence-electron chi connectivity index (χ0n) is 11.6. The second kappa shape index (κ2) is 6.21. The van der Waals surface area contributed by atoms with Crippen molar-refractivity contribution in [3.05, 3.63) is 18.2 Å². The Morgan fingerprint density at radius 1 is 1.43 bits per heavy atom. The van der Waals surface area contributed by atoms with Crippen molar-refractivity contribution < 1.29 is 22.7 Å². The molecule has 1 fully saturated rings. The van der Waals surface area contributed by atoms with Gasteiger partial charge in [-0.2, -0.15) is 0 Å². The van der Waals surface area contributed by atoms with Gasteiger partial charge < -0.3 is 14.8 Å². The minimum absolute atomic E-state index is 0.0391. The minimum Gasteiger partial charge on any atom is -0.495 e. The van der Waals surface area contributed by atoms with Crippen molar-refractivity contribution in [1.82, 2.24) is 0 Å². The van der Waals surface area contributed by atoms with E-state index in [-0.39, 0.29) is 22.6 Å². The molecule has 0 bridgehead atoms. The topological polar surface area (TPSA) is 81.7 Å². The lowest BCUT2D eigenvalue weighted by Crippen LogP contribution is -2.28. The molecule has 1 aliphatic rings. The first-order chi connectivity index (χ1) is 9.81. The SMILES string of the molecule is COc1ccc(S(=O)(=O)Cl)cc1NC(=O)C1CCC(C)O1. The number of hydrogen-bond donors (Lipinski definition) is 1. The lowest BCUT2D eigenvalue weighted by molar-refractivity contribution is -0.126. The zero-order chi connectivity index (χ0) is 15.6. The molecular weight excluding hydrogens is 318 g/mol. The number of methoxy groups -OCH3 is 1. The highest BCUT2D eigenvalue weighted by Gasteiger charge is 2.28. The summed E-state index contributed by atoms with van der Waals surface area (Å²) in [4.78, 5) is 12.0. The largest absolute Gasteiger partial charge is 0.495 e. The molecule has 0 radical (unpaired) electrons. The Labute approximate surface area is 127 Å². The molecule has 2 atom stereocenters. The molecular formula is C13H16ClNO5S. The van der Waals surface area contributed by atoms with Crippen molar-refractivity contribution in [2.24, 2.45) is 0 Å². The number of benzene rings is 1. The molecule has 6 nitrogen and oxygen atoms in total. The lowest BCUT2D eigenvalue weighted by atomic mass is 10.2. The Bertz CT molecular complexity index is 646. The number of amides is 1.